The minimum atomic E-state index is -1.26. The molecule has 0 bridgehead atoms. The van der Waals surface area contributed by atoms with Crippen molar-refractivity contribution in [3.63, 3.8) is 0 Å². The number of hydrogen-bond acceptors (Lipinski definition) is 7. The molecule has 0 spiro atoms. The number of methoxy groups -OCH3 is 2. The molecule has 0 unspecified atom stereocenters. The number of thioether (sulfide) groups is 1. The molecule has 1 rings (SSSR count). The van der Waals surface area contributed by atoms with Crippen LogP contribution in [0.1, 0.15) is 17.9 Å². The quantitative estimate of drug-likeness (QED) is 0.550. The lowest BCUT2D eigenvalue weighted by atomic mass is 10.1. The Hall–Kier alpha value is -1.13. The van der Waals surface area contributed by atoms with Crippen LogP contribution >= 0.6 is 11.8 Å². The van der Waals surface area contributed by atoms with Crippen molar-refractivity contribution < 1.29 is 19.7 Å². The largest absolute Gasteiger partial charge is 0.388 e. The molecule has 0 aliphatic carbocycles. The highest BCUT2D eigenvalue weighted by Crippen LogP contribution is 2.29. The fourth-order valence-corrected chi connectivity index (χ4v) is 3.31. The van der Waals surface area contributed by atoms with E-state index in [0.717, 1.165) is 0 Å². The molecule has 0 aliphatic rings. The van der Waals surface area contributed by atoms with Gasteiger partial charge in [0.1, 0.15) is 23.7 Å². The summed E-state index contributed by atoms with van der Waals surface area (Å²) < 4.78 is 11.5. The number of nitrogens with zero attached hydrogens (tertiary/aromatic N) is 1. The number of aliphatic hydroxyl groups excluding tert-OH is 2. The summed E-state index contributed by atoms with van der Waals surface area (Å²) in [6, 6.07) is 0. The van der Waals surface area contributed by atoms with Crippen LogP contribution in [0.4, 0.5) is 0 Å². The van der Waals surface area contributed by atoms with Crippen LogP contribution in [0.25, 0.3) is 0 Å². The third kappa shape index (κ3) is 4.92. The first-order valence-electron chi connectivity index (χ1n) is 7.18. The van der Waals surface area contributed by atoms with E-state index in [4.69, 9.17) is 9.47 Å². The molecule has 9 heteroatoms. The number of aromatic nitrogens is 2. The van der Waals surface area contributed by atoms with E-state index in [1.807, 2.05) is 6.92 Å². The first-order chi connectivity index (χ1) is 10.9. The summed E-state index contributed by atoms with van der Waals surface area (Å²) in [7, 11) is 2.80. The van der Waals surface area contributed by atoms with Gasteiger partial charge in [0, 0.05) is 26.0 Å². The summed E-state index contributed by atoms with van der Waals surface area (Å²) in [4.78, 5) is 25.9. The summed E-state index contributed by atoms with van der Waals surface area (Å²) in [5.74, 6) is 0.641. The van der Waals surface area contributed by atoms with Gasteiger partial charge < -0.3 is 19.7 Å². The lowest BCUT2D eigenvalue weighted by molar-refractivity contribution is -0.100. The molecule has 0 saturated heterocycles. The van der Waals surface area contributed by atoms with Gasteiger partial charge in [0.25, 0.3) is 5.56 Å². The molecular formula is C14H24N2O6S. The number of hydrogen-bond donors (Lipinski definition) is 3. The Labute approximate surface area is 138 Å². The number of ether oxygens (including phenoxy) is 2. The topological polar surface area (TPSA) is 114 Å². The number of rotatable bonds is 9. The molecule has 4 atom stereocenters. The Kier molecular flexibility index (Phi) is 8.00. The molecule has 8 nitrogen and oxygen atoms in total. The Morgan fingerprint density at radius 3 is 2.52 bits per heavy atom. The standard InChI is InChI=1S/C14H24N2O6S/c1-5-23-13(11(22-4)10(18)9(17)7-21-3)16-6-8(2)12(19)15-14(16)20/h6,9-11,13,17-18H,5,7H2,1-4H3,(H,15,19,20)/t9-,10+,11-,13+/m1/s1. The normalized spacial score (nSPS) is 16.8. The predicted molar refractivity (Wildman–Crippen MR) is 87.9 cm³/mol. The second kappa shape index (κ2) is 9.24. The highest BCUT2D eigenvalue weighted by atomic mass is 32.2. The number of nitrogens with one attached hydrogen (secondary N) is 1. The summed E-state index contributed by atoms with van der Waals surface area (Å²) in [5, 5.41) is 19.7. The van der Waals surface area contributed by atoms with Crippen LogP contribution in [0.5, 0.6) is 0 Å². The molecule has 1 heterocycles. The first kappa shape index (κ1) is 19.9. The Morgan fingerprint density at radius 1 is 1.35 bits per heavy atom. The second-order valence-corrected chi connectivity index (χ2v) is 6.43. The molecule has 1 aromatic heterocycles. The molecular weight excluding hydrogens is 324 g/mol. The first-order valence-corrected chi connectivity index (χ1v) is 8.23. The van der Waals surface area contributed by atoms with Crippen LogP contribution in [0.3, 0.4) is 0 Å². The van der Waals surface area contributed by atoms with Gasteiger partial charge in [-0.2, -0.15) is 0 Å². The lowest BCUT2D eigenvalue weighted by Crippen LogP contribution is -2.47. The molecule has 23 heavy (non-hydrogen) atoms. The molecule has 0 amide bonds. The maximum Gasteiger partial charge on any atom is 0.329 e. The molecule has 132 valence electrons. The van der Waals surface area contributed by atoms with E-state index >= 15 is 0 Å². The molecule has 0 radical (unpaired) electrons. The van der Waals surface area contributed by atoms with Crippen LogP contribution in [0, 0.1) is 6.92 Å². The molecule has 1 aromatic rings. The van der Waals surface area contributed by atoms with E-state index in [1.165, 1.54) is 36.7 Å². The SMILES string of the molecule is CCS[C@@H]([C@H](OC)[C@@H](O)[C@H](O)COC)n1cc(C)c(=O)[nH]c1=O. The number of aliphatic hydroxyl groups is 2. The number of H-pyrrole nitrogens is 1. The number of aromatic amines is 1. The van der Waals surface area contributed by atoms with Crippen LogP contribution < -0.4 is 11.2 Å². The van der Waals surface area contributed by atoms with Crippen molar-refractivity contribution in [2.24, 2.45) is 0 Å². The van der Waals surface area contributed by atoms with E-state index in [9.17, 15) is 19.8 Å². The lowest BCUT2D eigenvalue weighted by Gasteiger charge is -2.32. The average Bonchev–Trinajstić information content (AvgIpc) is 2.51. The molecule has 0 aliphatic heterocycles. The van der Waals surface area contributed by atoms with E-state index in [-0.39, 0.29) is 6.61 Å². The Bertz CT molecular complexity index is 602. The van der Waals surface area contributed by atoms with Crippen molar-refractivity contribution in [1.82, 2.24) is 9.55 Å². The molecule has 3 N–H and O–H groups in total. The van der Waals surface area contributed by atoms with Gasteiger partial charge in [-0.15, -0.1) is 11.8 Å². The van der Waals surface area contributed by atoms with Gasteiger partial charge >= 0.3 is 5.69 Å². The average molecular weight is 348 g/mol. The zero-order valence-corrected chi connectivity index (χ0v) is 14.5. The minimum Gasteiger partial charge on any atom is -0.388 e. The van der Waals surface area contributed by atoms with Gasteiger partial charge in [-0.3, -0.25) is 14.3 Å². The number of aryl methyl sites for hydroxylation is 1. The summed E-state index contributed by atoms with van der Waals surface area (Å²) in [6.07, 6.45) is -1.86. The second-order valence-electron chi connectivity index (χ2n) is 5.04. The van der Waals surface area contributed by atoms with Crippen molar-refractivity contribution in [2.45, 2.75) is 37.5 Å². The zero-order chi connectivity index (χ0) is 17.6. The summed E-state index contributed by atoms with van der Waals surface area (Å²) in [5.41, 5.74) is -0.685. The van der Waals surface area contributed by atoms with Crippen LogP contribution in [-0.4, -0.2) is 64.7 Å². The van der Waals surface area contributed by atoms with Crippen molar-refractivity contribution in [2.75, 3.05) is 26.6 Å². The molecule has 0 aromatic carbocycles. The maximum absolute atomic E-state index is 12.1. The van der Waals surface area contributed by atoms with Gasteiger partial charge in [-0.05, 0) is 12.7 Å². The monoisotopic (exact) mass is 348 g/mol. The highest BCUT2D eigenvalue weighted by molar-refractivity contribution is 7.99. The van der Waals surface area contributed by atoms with Gasteiger partial charge in [-0.25, -0.2) is 4.79 Å². The van der Waals surface area contributed by atoms with Crippen molar-refractivity contribution >= 4 is 11.8 Å². The van der Waals surface area contributed by atoms with Gasteiger partial charge in [0.15, 0.2) is 0 Å². The summed E-state index contributed by atoms with van der Waals surface area (Å²) in [6.45, 7) is 3.41. The molecule has 0 saturated carbocycles. The van der Waals surface area contributed by atoms with Gasteiger partial charge in [0.05, 0.1) is 6.61 Å². The predicted octanol–water partition coefficient (Wildman–Crippen LogP) is -0.520. The zero-order valence-electron chi connectivity index (χ0n) is 13.7. The fourth-order valence-electron chi connectivity index (χ4n) is 2.19. The summed E-state index contributed by atoms with van der Waals surface area (Å²) >= 11 is 1.36. The van der Waals surface area contributed by atoms with Crippen LogP contribution in [-0.2, 0) is 9.47 Å². The van der Waals surface area contributed by atoms with Crippen molar-refractivity contribution in [3.05, 3.63) is 32.6 Å². The highest BCUT2D eigenvalue weighted by Gasteiger charge is 2.35. The van der Waals surface area contributed by atoms with Gasteiger partial charge in [-0.1, -0.05) is 6.92 Å². The fraction of sp³-hybridized carbons (Fsp3) is 0.714. The smallest absolute Gasteiger partial charge is 0.329 e. The van der Waals surface area contributed by atoms with E-state index in [1.54, 1.807) is 6.92 Å². The van der Waals surface area contributed by atoms with E-state index in [0.29, 0.717) is 11.3 Å². The Balaban J connectivity index is 3.25. The maximum atomic E-state index is 12.1. The van der Waals surface area contributed by atoms with Gasteiger partial charge in [0.2, 0.25) is 0 Å². The van der Waals surface area contributed by atoms with Crippen molar-refractivity contribution in [3.8, 4) is 0 Å². The molecule has 0 fully saturated rings. The third-order valence-corrected chi connectivity index (χ3v) is 4.55. The van der Waals surface area contributed by atoms with Crippen LogP contribution in [0.15, 0.2) is 15.8 Å². The van der Waals surface area contributed by atoms with E-state index in [2.05, 4.69) is 4.98 Å². The van der Waals surface area contributed by atoms with E-state index < -0.39 is 34.9 Å². The van der Waals surface area contributed by atoms with Crippen molar-refractivity contribution in [1.29, 1.82) is 0 Å². The Morgan fingerprint density at radius 2 is 2.00 bits per heavy atom. The minimum absolute atomic E-state index is 0.0654. The van der Waals surface area contributed by atoms with Crippen LogP contribution in [0.2, 0.25) is 0 Å². The third-order valence-electron chi connectivity index (χ3n) is 3.38.